The molecule has 0 radical (unpaired) electrons. The Labute approximate surface area is 107 Å². The van der Waals surface area contributed by atoms with Gasteiger partial charge in [-0.25, -0.2) is 14.2 Å². The Hall–Kier alpha value is -1.34. The second kappa shape index (κ2) is 4.89. The molecule has 0 aliphatic rings. The van der Waals surface area contributed by atoms with Crippen molar-refractivity contribution in [1.29, 1.82) is 0 Å². The number of aromatic nitrogens is 5. The molecule has 2 aromatic rings. The van der Waals surface area contributed by atoms with Crippen molar-refractivity contribution in [3.8, 4) is 0 Å². The van der Waals surface area contributed by atoms with Crippen LogP contribution < -0.4 is 5.69 Å². The molecule has 6 nitrogen and oxygen atoms in total. The number of rotatable bonds is 4. The van der Waals surface area contributed by atoms with E-state index in [1.54, 1.807) is 0 Å². The predicted octanol–water partition coefficient (Wildman–Crippen LogP) is 0.653. The van der Waals surface area contributed by atoms with Crippen molar-refractivity contribution >= 4 is 34.3 Å². The first-order valence-electron chi connectivity index (χ1n) is 5.09. The average molecular weight is 272 g/mol. The molecule has 0 atom stereocenters. The first-order valence-corrected chi connectivity index (χ1v) is 6.03. The zero-order chi connectivity index (χ0) is 12.4. The molecular weight excluding hydrogens is 262 g/mol. The maximum absolute atomic E-state index is 11.9. The summed E-state index contributed by atoms with van der Waals surface area (Å²) in [5, 5.41) is 7.75. The van der Waals surface area contributed by atoms with Crippen molar-refractivity contribution in [3.05, 3.63) is 22.5 Å². The predicted molar refractivity (Wildman–Crippen MR) is 67.8 cm³/mol. The van der Waals surface area contributed by atoms with Crippen molar-refractivity contribution in [3.63, 3.8) is 0 Å². The van der Waals surface area contributed by atoms with Gasteiger partial charge in [0.2, 0.25) is 0 Å². The van der Waals surface area contributed by atoms with Crippen molar-refractivity contribution in [2.24, 2.45) is 0 Å². The molecule has 0 fully saturated rings. The highest BCUT2D eigenvalue weighted by Gasteiger charge is 2.13. The van der Waals surface area contributed by atoms with Crippen LogP contribution >= 0.6 is 23.8 Å². The highest BCUT2D eigenvalue weighted by Crippen LogP contribution is 2.06. The third-order valence-corrected chi connectivity index (χ3v) is 2.95. The second-order valence-corrected chi connectivity index (χ2v) is 4.22. The Morgan fingerprint density at radius 2 is 2.35 bits per heavy atom. The number of thiocarbonyl (C=S) groups is 1. The number of halogens is 1. The van der Waals surface area contributed by atoms with Crippen molar-refractivity contribution < 1.29 is 0 Å². The number of imidazole rings is 1. The van der Waals surface area contributed by atoms with E-state index in [0.29, 0.717) is 35.1 Å². The molecule has 0 bridgehead atoms. The van der Waals surface area contributed by atoms with Gasteiger partial charge in [0.1, 0.15) is 12.0 Å². The summed E-state index contributed by atoms with van der Waals surface area (Å²) in [4.78, 5) is 16.7. The van der Waals surface area contributed by atoms with Gasteiger partial charge in [-0.15, -0.1) is 16.7 Å². The Balaban J connectivity index is 2.62. The number of hydrogen-bond acceptors (Lipinski definition) is 5. The topological polar surface area (TPSA) is 65.1 Å². The van der Waals surface area contributed by atoms with Crippen LogP contribution in [0.4, 0.5) is 0 Å². The van der Waals surface area contributed by atoms with Crippen molar-refractivity contribution in [2.75, 3.05) is 5.88 Å². The monoisotopic (exact) mass is 271 g/mol. The highest BCUT2D eigenvalue weighted by atomic mass is 35.5. The van der Waals surface area contributed by atoms with E-state index < -0.39 is 0 Å². The first-order chi connectivity index (χ1) is 8.19. The van der Waals surface area contributed by atoms with Crippen LogP contribution in [0.2, 0.25) is 0 Å². The largest absolute Gasteiger partial charge is 0.353 e. The molecule has 90 valence electrons. The lowest BCUT2D eigenvalue weighted by molar-refractivity contribution is 0.546. The molecule has 0 spiro atoms. The van der Waals surface area contributed by atoms with Gasteiger partial charge >= 0.3 is 5.69 Å². The van der Waals surface area contributed by atoms with Crippen molar-refractivity contribution in [1.82, 2.24) is 24.4 Å². The lowest BCUT2D eigenvalue weighted by Crippen LogP contribution is -2.30. The summed E-state index contributed by atoms with van der Waals surface area (Å²) in [6.07, 6.45) is 2.09. The summed E-state index contributed by atoms with van der Waals surface area (Å²) >= 11 is 10.7. The molecule has 2 rings (SSSR count). The summed E-state index contributed by atoms with van der Waals surface area (Å²) in [5.74, 6) is 0.301. The number of fused-ring (bicyclic) bond motifs is 1. The maximum atomic E-state index is 11.9. The molecule has 2 heterocycles. The first kappa shape index (κ1) is 12.1. The minimum Gasteiger partial charge on any atom is -0.245 e. The van der Waals surface area contributed by atoms with Gasteiger partial charge in [0.05, 0.1) is 6.54 Å². The van der Waals surface area contributed by atoms with E-state index in [9.17, 15) is 4.79 Å². The summed E-state index contributed by atoms with van der Waals surface area (Å²) in [6, 6.07) is 0. The lowest BCUT2D eigenvalue weighted by atomic mass is 10.2. The van der Waals surface area contributed by atoms with E-state index in [4.69, 9.17) is 23.8 Å². The van der Waals surface area contributed by atoms with E-state index in [1.807, 2.05) is 6.92 Å². The fourth-order valence-corrected chi connectivity index (χ4v) is 1.73. The standard InChI is InChI=1S/C9H10ClN5OS/c1-2-6(17)7-8-12-13-15(4-3-10)9(16)14(8)5-11-7/h5H,2-4H2,1H3. The number of hydrogen-bond donors (Lipinski definition) is 0. The van der Waals surface area contributed by atoms with Crippen LogP contribution in [0.1, 0.15) is 19.0 Å². The second-order valence-electron chi connectivity index (χ2n) is 3.35. The summed E-state index contributed by atoms with van der Waals surface area (Å²) in [7, 11) is 0. The molecule has 8 heteroatoms. The van der Waals surface area contributed by atoms with E-state index >= 15 is 0 Å². The van der Waals surface area contributed by atoms with Crippen LogP contribution in [0.15, 0.2) is 11.1 Å². The van der Waals surface area contributed by atoms with Crippen LogP contribution in [-0.2, 0) is 6.54 Å². The van der Waals surface area contributed by atoms with Crippen LogP contribution in [0, 0.1) is 0 Å². The van der Waals surface area contributed by atoms with Gasteiger partial charge in [-0.05, 0) is 6.42 Å². The minimum absolute atomic E-state index is 0.301. The molecule has 2 aromatic heterocycles. The summed E-state index contributed by atoms with van der Waals surface area (Å²) in [6.45, 7) is 2.24. The quantitative estimate of drug-likeness (QED) is 0.464. The van der Waals surface area contributed by atoms with Gasteiger partial charge in [-0.1, -0.05) is 24.4 Å². The normalized spacial score (nSPS) is 10.9. The molecule has 0 saturated carbocycles. The summed E-state index contributed by atoms with van der Waals surface area (Å²) in [5.41, 5.74) is 0.631. The van der Waals surface area contributed by atoms with E-state index in [-0.39, 0.29) is 5.69 Å². The molecule has 0 N–H and O–H groups in total. The van der Waals surface area contributed by atoms with E-state index in [1.165, 1.54) is 15.4 Å². The molecule has 0 amide bonds. The molecule has 17 heavy (non-hydrogen) atoms. The van der Waals surface area contributed by atoms with Gasteiger partial charge in [0, 0.05) is 10.7 Å². The number of aryl methyl sites for hydroxylation is 1. The molecular formula is C9H10ClN5OS. The van der Waals surface area contributed by atoms with Gasteiger partial charge in [0.25, 0.3) is 0 Å². The average Bonchev–Trinajstić information content (AvgIpc) is 2.76. The van der Waals surface area contributed by atoms with Gasteiger partial charge in [-0.2, -0.15) is 4.68 Å². The zero-order valence-electron chi connectivity index (χ0n) is 9.13. The van der Waals surface area contributed by atoms with Crippen LogP contribution in [0.5, 0.6) is 0 Å². The van der Waals surface area contributed by atoms with E-state index in [0.717, 1.165) is 0 Å². The van der Waals surface area contributed by atoms with Gasteiger partial charge in [-0.3, -0.25) is 0 Å². The van der Waals surface area contributed by atoms with Crippen LogP contribution in [-0.4, -0.2) is 35.1 Å². The van der Waals surface area contributed by atoms with Gasteiger partial charge < -0.3 is 0 Å². The molecule has 0 saturated heterocycles. The zero-order valence-corrected chi connectivity index (χ0v) is 10.7. The Kier molecular flexibility index (Phi) is 3.49. The lowest BCUT2D eigenvalue weighted by Gasteiger charge is -2.01. The maximum Gasteiger partial charge on any atom is 0.353 e. The van der Waals surface area contributed by atoms with Crippen LogP contribution in [0.25, 0.3) is 5.65 Å². The summed E-state index contributed by atoms with van der Waals surface area (Å²) < 4.78 is 2.53. The Bertz CT molecular complexity index is 619. The number of alkyl halides is 1. The molecule has 0 aromatic carbocycles. The Morgan fingerprint density at radius 3 is 3.00 bits per heavy atom. The molecule has 0 aliphatic heterocycles. The molecule has 0 aliphatic carbocycles. The van der Waals surface area contributed by atoms with Crippen molar-refractivity contribution in [2.45, 2.75) is 19.9 Å². The number of nitrogens with zero attached hydrogens (tertiary/aromatic N) is 5. The third kappa shape index (κ3) is 2.07. The fraction of sp³-hybridized carbons (Fsp3) is 0.444. The minimum atomic E-state index is -0.312. The Morgan fingerprint density at radius 1 is 1.59 bits per heavy atom. The van der Waals surface area contributed by atoms with Gasteiger partial charge in [0.15, 0.2) is 5.65 Å². The fourth-order valence-electron chi connectivity index (χ4n) is 1.42. The highest BCUT2D eigenvalue weighted by molar-refractivity contribution is 7.80. The smallest absolute Gasteiger partial charge is 0.245 e. The SMILES string of the molecule is CCC(=S)c1ncn2c(=O)n(CCCl)nnc12. The molecule has 0 unspecified atom stereocenters. The van der Waals surface area contributed by atoms with Crippen LogP contribution in [0.3, 0.4) is 0 Å². The third-order valence-electron chi connectivity index (χ3n) is 2.30. The van der Waals surface area contributed by atoms with E-state index in [2.05, 4.69) is 15.3 Å².